The molecule has 1 N–H and O–H groups in total. The number of carbonyl (C=O) groups is 2. The molecule has 0 radical (unpaired) electrons. The van der Waals surface area contributed by atoms with E-state index in [-0.39, 0.29) is 6.08 Å². The van der Waals surface area contributed by atoms with Crippen molar-refractivity contribution in [1.82, 2.24) is 0 Å². The predicted octanol–water partition coefficient (Wildman–Crippen LogP) is 0.0974. The van der Waals surface area contributed by atoms with Gasteiger partial charge in [0, 0.05) is 0 Å². The topological polar surface area (TPSA) is 63.6 Å². The van der Waals surface area contributed by atoms with Crippen LogP contribution >= 0.6 is 0 Å². The molecule has 0 aromatic heterocycles. The minimum Gasteiger partial charge on any atom is -0.478 e. The van der Waals surface area contributed by atoms with E-state index in [2.05, 4.69) is 4.74 Å². The summed E-state index contributed by atoms with van der Waals surface area (Å²) in [5.41, 5.74) is 0. The summed E-state index contributed by atoms with van der Waals surface area (Å²) in [6.45, 7) is 0. The van der Waals surface area contributed by atoms with Crippen molar-refractivity contribution in [3.63, 3.8) is 0 Å². The zero-order valence-electron chi connectivity index (χ0n) is 5.13. The van der Waals surface area contributed by atoms with Crippen LogP contribution < -0.4 is 0 Å². The van der Waals surface area contributed by atoms with Crippen molar-refractivity contribution in [3.05, 3.63) is 11.9 Å². The zero-order valence-corrected chi connectivity index (χ0v) is 5.13. The first kappa shape index (κ1) is 8.61. The highest BCUT2D eigenvalue weighted by molar-refractivity contribution is 5.93. The maximum absolute atomic E-state index is 12.1. The van der Waals surface area contributed by atoms with Gasteiger partial charge in [-0.3, -0.25) is 0 Å². The molecular weight excluding hydrogens is 143 g/mol. The van der Waals surface area contributed by atoms with Gasteiger partial charge in [-0.15, -0.1) is 0 Å². The second kappa shape index (κ2) is 3.60. The third-order valence-corrected chi connectivity index (χ3v) is 0.631. The van der Waals surface area contributed by atoms with Crippen LogP contribution in [0, 0.1) is 0 Å². The normalized spacial score (nSPS) is 10.8. The van der Waals surface area contributed by atoms with Gasteiger partial charge in [0.1, 0.15) is 0 Å². The van der Waals surface area contributed by atoms with E-state index in [1.54, 1.807) is 0 Å². The molecule has 0 saturated heterocycles. The van der Waals surface area contributed by atoms with Crippen LogP contribution in [0.3, 0.4) is 0 Å². The van der Waals surface area contributed by atoms with Crippen LogP contribution in [0.15, 0.2) is 11.9 Å². The highest BCUT2D eigenvalue weighted by Crippen LogP contribution is 1.97. The standard InChI is InChI=1S/C5H5FO4/c1-10-5(9)3(6)2-4(7)8/h2H,1H3,(H,7,8). The Morgan fingerprint density at radius 3 is 2.40 bits per heavy atom. The average molecular weight is 148 g/mol. The maximum Gasteiger partial charge on any atom is 0.367 e. The van der Waals surface area contributed by atoms with E-state index in [4.69, 9.17) is 5.11 Å². The van der Waals surface area contributed by atoms with Gasteiger partial charge in [-0.05, 0) is 0 Å². The van der Waals surface area contributed by atoms with Crippen molar-refractivity contribution in [3.8, 4) is 0 Å². The van der Waals surface area contributed by atoms with Gasteiger partial charge < -0.3 is 9.84 Å². The molecule has 0 saturated carbocycles. The lowest BCUT2D eigenvalue weighted by atomic mass is 10.5. The summed E-state index contributed by atoms with van der Waals surface area (Å²) in [5, 5.41) is 7.90. The van der Waals surface area contributed by atoms with Crippen LogP contribution in [-0.2, 0) is 14.3 Å². The minimum atomic E-state index is -1.53. The van der Waals surface area contributed by atoms with Crippen LogP contribution in [0.5, 0.6) is 0 Å². The number of carboxylic acids is 1. The molecule has 5 heteroatoms. The lowest BCUT2D eigenvalue weighted by Crippen LogP contribution is -2.02. The molecule has 0 aromatic rings. The van der Waals surface area contributed by atoms with Gasteiger partial charge in [0.15, 0.2) is 0 Å². The van der Waals surface area contributed by atoms with Crippen LogP contribution in [0.2, 0.25) is 0 Å². The Balaban J connectivity index is 4.19. The largest absolute Gasteiger partial charge is 0.478 e. The summed E-state index contributed by atoms with van der Waals surface area (Å²) < 4.78 is 15.9. The van der Waals surface area contributed by atoms with Crippen molar-refractivity contribution in [2.75, 3.05) is 7.11 Å². The SMILES string of the molecule is COC(=O)C(F)=CC(=O)O. The fraction of sp³-hybridized carbons (Fsp3) is 0.200. The number of rotatable bonds is 2. The zero-order chi connectivity index (χ0) is 8.15. The van der Waals surface area contributed by atoms with E-state index < -0.39 is 17.8 Å². The summed E-state index contributed by atoms with van der Waals surface area (Å²) in [6, 6.07) is 0. The molecule has 0 atom stereocenters. The lowest BCUT2D eigenvalue weighted by molar-refractivity contribution is -0.139. The molecule has 0 aromatic carbocycles. The van der Waals surface area contributed by atoms with E-state index in [1.807, 2.05) is 0 Å². The number of halogens is 1. The number of methoxy groups -OCH3 is 1. The molecule has 0 aliphatic heterocycles. The molecule has 56 valence electrons. The monoisotopic (exact) mass is 148 g/mol. The predicted molar refractivity (Wildman–Crippen MR) is 28.8 cm³/mol. The van der Waals surface area contributed by atoms with Crippen molar-refractivity contribution >= 4 is 11.9 Å². The summed E-state index contributed by atoms with van der Waals surface area (Å²) in [7, 11) is 0.956. The molecule has 0 aliphatic carbocycles. The molecule has 10 heavy (non-hydrogen) atoms. The fourth-order valence-corrected chi connectivity index (χ4v) is 0.265. The Kier molecular flexibility index (Phi) is 3.10. The summed E-state index contributed by atoms with van der Waals surface area (Å²) >= 11 is 0. The molecule has 0 fully saturated rings. The van der Waals surface area contributed by atoms with Crippen LogP contribution in [0.25, 0.3) is 0 Å². The van der Waals surface area contributed by atoms with E-state index >= 15 is 0 Å². The minimum absolute atomic E-state index is 0.131. The Labute approximate surface area is 55.9 Å². The van der Waals surface area contributed by atoms with Crippen LogP contribution in [0.1, 0.15) is 0 Å². The molecule has 0 bridgehead atoms. The number of carboxylic acid groups (broad SMARTS) is 1. The van der Waals surface area contributed by atoms with E-state index in [1.165, 1.54) is 0 Å². The molecule has 4 nitrogen and oxygen atoms in total. The maximum atomic E-state index is 12.1. The second-order valence-electron chi connectivity index (χ2n) is 1.32. The number of ether oxygens (including phenoxy) is 1. The van der Waals surface area contributed by atoms with Gasteiger partial charge in [0.05, 0.1) is 13.2 Å². The van der Waals surface area contributed by atoms with E-state index in [0.29, 0.717) is 0 Å². The van der Waals surface area contributed by atoms with Gasteiger partial charge in [-0.25, -0.2) is 9.59 Å². The Hall–Kier alpha value is -1.39. The molecule has 0 rings (SSSR count). The summed E-state index contributed by atoms with van der Waals surface area (Å²) in [6.07, 6.45) is 0.131. The lowest BCUT2D eigenvalue weighted by Gasteiger charge is -1.90. The van der Waals surface area contributed by atoms with E-state index in [9.17, 15) is 14.0 Å². The first-order chi connectivity index (χ1) is 4.57. The number of esters is 1. The van der Waals surface area contributed by atoms with Gasteiger partial charge in [-0.1, -0.05) is 0 Å². The smallest absolute Gasteiger partial charge is 0.367 e. The Morgan fingerprint density at radius 1 is 1.60 bits per heavy atom. The first-order valence-corrected chi connectivity index (χ1v) is 2.26. The molecule has 0 unspecified atom stereocenters. The Morgan fingerprint density at radius 2 is 2.10 bits per heavy atom. The van der Waals surface area contributed by atoms with Gasteiger partial charge in [0.25, 0.3) is 0 Å². The van der Waals surface area contributed by atoms with E-state index in [0.717, 1.165) is 7.11 Å². The molecule has 0 spiro atoms. The van der Waals surface area contributed by atoms with Crippen LogP contribution in [-0.4, -0.2) is 24.2 Å². The quantitative estimate of drug-likeness (QED) is 0.445. The third-order valence-electron chi connectivity index (χ3n) is 0.631. The van der Waals surface area contributed by atoms with Crippen molar-refractivity contribution in [1.29, 1.82) is 0 Å². The molecular formula is C5H5FO4. The molecule has 0 amide bonds. The third kappa shape index (κ3) is 2.81. The summed E-state index contributed by atoms with van der Waals surface area (Å²) in [4.78, 5) is 19.8. The number of carbonyl (C=O) groups excluding carboxylic acids is 1. The highest BCUT2D eigenvalue weighted by Gasteiger charge is 2.09. The second-order valence-corrected chi connectivity index (χ2v) is 1.32. The van der Waals surface area contributed by atoms with Gasteiger partial charge in [0.2, 0.25) is 5.83 Å². The molecule has 0 aliphatic rings. The average Bonchev–Trinajstić information content (AvgIpc) is 1.85. The summed E-state index contributed by atoms with van der Waals surface area (Å²) in [5.74, 6) is -4.24. The van der Waals surface area contributed by atoms with Crippen molar-refractivity contribution in [2.45, 2.75) is 0 Å². The fourth-order valence-electron chi connectivity index (χ4n) is 0.265. The van der Waals surface area contributed by atoms with Gasteiger partial charge >= 0.3 is 11.9 Å². The van der Waals surface area contributed by atoms with Crippen LogP contribution in [0.4, 0.5) is 4.39 Å². The number of hydrogen-bond acceptors (Lipinski definition) is 3. The Bertz CT molecular complexity index is 184. The number of aliphatic carboxylic acids is 1. The van der Waals surface area contributed by atoms with Crippen molar-refractivity contribution in [2.24, 2.45) is 0 Å². The van der Waals surface area contributed by atoms with Gasteiger partial charge in [-0.2, -0.15) is 4.39 Å². The first-order valence-electron chi connectivity index (χ1n) is 2.26. The highest BCUT2D eigenvalue weighted by atomic mass is 19.1. The number of hydrogen-bond donors (Lipinski definition) is 1. The van der Waals surface area contributed by atoms with Crippen molar-refractivity contribution < 1.29 is 23.8 Å². The molecule has 0 heterocycles.